The zero-order valence-corrected chi connectivity index (χ0v) is 16.3. The third kappa shape index (κ3) is 4.36. The van der Waals surface area contributed by atoms with E-state index in [1.165, 1.54) is 0 Å². The second kappa shape index (κ2) is 8.29. The number of halogens is 1. The molecule has 2 saturated heterocycles. The molecule has 1 aliphatic carbocycles. The van der Waals surface area contributed by atoms with Crippen LogP contribution < -0.4 is 10.6 Å². The van der Waals surface area contributed by atoms with Crippen LogP contribution in [0.2, 0.25) is 0 Å². The van der Waals surface area contributed by atoms with Crippen LogP contribution in [0.15, 0.2) is 30.3 Å². The van der Waals surface area contributed by atoms with Gasteiger partial charge in [-0.2, -0.15) is 0 Å². The second-order valence-corrected chi connectivity index (χ2v) is 8.81. The molecule has 0 radical (unpaired) electrons. The van der Waals surface area contributed by atoms with Gasteiger partial charge in [-0.15, -0.1) is 11.6 Å². The molecule has 3 aliphatic rings. The van der Waals surface area contributed by atoms with E-state index >= 15 is 0 Å². The van der Waals surface area contributed by atoms with Gasteiger partial charge < -0.3 is 10.6 Å². The van der Waals surface area contributed by atoms with Crippen LogP contribution in [0.1, 0.15) is 31.2 Å². The van der Waals surface area contributed by atoms with Gasteiger partial charge in [-0.3, -0.25) is 14.5 Å². The molecule has 27 heavy (non-hydrogen) atoms. The smallest absolute Gasteiger partial charge is 0.234 e. The summed E-state index contributed by atoms with van der Waals surface area (Å²) in [5.41, 5.74) is 1.09. The zero-order valence-electron chi connectivity index (χ0n) is 15.6. The van der Waals surface area contributed by atoms with Gasteiger partial charge in [0.1, 0.15) is 5.78 Å². The van der Waals surface area contributed by atoms with E-state index in [9.17, 15) is 9.59 Å². The minimum Gasteiger partial charge on any atom is -0.351 e. The monoisotopic (exact) mass is 389 g/mol. The normalized spacial score (nSPS) is 33.8. The molecule has 4 rings (SSSR count). The van der Waals surface area contributed by atoms with Crippen molar-refractivity contribution >= 4 is 23.3 Å². The Kier molecular flexibility index (Phi) is 5.81. The fourth-order valence-electron chi connectivity index (χ4n) is 4.89. The van der Waals surface area contributed by atoms with Crippen LogP contribution in [0.5, 0.6) is 0 Å². The number of alkyl halides is 1. The lowest BCUT2D eigenvalue weighted by molar-refractivity contribution is -0.136. The Morgan fingerprint density at radius 3 is 2.74 bits per heavy atom. The second-order valence-electron chi connectivity index (χ2n) is 8.19. The summed E-state index contributed by atoms with van der Waals surface area (Å²) in [5, 5.41) is 6.83. The predicted octanol–water partition coefficient (Wildman–Crippen LogP) is 1.94. The maximum absolute atomic E-state index is 13.1. The molecular formula is C21H28ClN3O2. The molecule has 5 atom stereocenters. The van der Waals surface area contributed by atoms with Crippen LogP contribution >= 0.6 is 11.6 Å². The number of nitrogens with zero attached hydrogens (tertiary/aromatic N) is 1. The van der Waals surface area contributed by atoms with E-state index in [-0.39, 0.29) is 29.2 Å². The number of carbonyl (C=O) groups is 2. The molecule has 0 spiro atoms. The predicted molar refractivity (Wildman–Crippen MR) is 106 cm³/mol. The number of hydrogen-bond donors (Lipinski definition) is 2. The summed E-state index contributed by atoms with van der Waals surface area (Å²) < 4.78 is 0. The van der Waals surface area contributed by atoms with E-state index in [1.807, 2.05) is 30.3 Å². The van der Waals surface area contributed by atoms with Crippen LogP contribution in [-0.2, 0) is 16.1 Å². The molecule has 2 N–H and O–H groups in total. The summed E-state index contributed by atoms with van der Waals surface area (Å²) in [6.45, 7) is 2.43. The Hall–Kier alpha value is -1.43. The highest BCUT2D eigenvalue weighted by Crippen LogP contribution is 2.37. The summed E-state index contributed by atoms with van der Waals surface area (Å²) in [6, 6.07) is 10.5. The molecule has 5 unspecified atom stereocenters. The fourth-order valence-corrected chi connectivity index (χ4v) is 5.21. The standard InChI is InChI=1S/C21H28ClN3O2/c22-15-6-7-18-16(10-15)21(27)17-12-25(9-8-19(17)24-18)13-20(26)23-11-14-4-2-1-3-5-14/h1-5,15-19,24H,6-13H2,(H,23,26). The molecule has 6 heteroatoms. The Bertz CT molecular complexity index is 683. The molecule has 0 bridgehead atoms. The van der Waals surface area contributed by atoms with Crippen molar-refractivity contribution in [2.45, 2.75) is 49.7 Å². The highest BCUT2D eigenvalue weighted by atomic mass is 35.5. The van der Waals surface area contributed by atoms with E-state index in [4.69, 9.17) is 11.6 Å². The number of Topliss-reactive ketones (excluding diaryl/α,β-unsaturated/α-hetero) is 1. The number of hydrogen-bond acceptors (Lipinski definition) is 4. The Morgan fingerprint density at radius 1 is 1.15 bits per heavy atom. The summed E-state index contributed by atoms with van der Waals surface area (Å²) in [7, 11) is 0. The number of nitrogens with one attached hydrogen (secondary N) is 2. The van der Waals surface area contributed by atoms with Crippen molar-refractivity contribution in [2.24, 2.45) is 11.8 Å². The molecule has 1 saturated carbocycles. The van der Waals surface area contributed by atoms with Crippen molar-refractivity contribution in [1.29, 1.82) is 0 Å². The third-order valence-corrected chi connectivity index (χ3v) is 6.74. The number of piperidine rings is 2. The van der Waals surface area contributed by atoms with Crippen LogP contribution in [0, 0.1) is 11.8 Å². The molecule has 0 aromatic heterocycles. The first-order valence-electron chi connectivity index (χ1n) is 10.1. The quantitative estimate of drug-likeness (QED) is 0.772. The molecule has 5 nitrogen and oxygen atoms in total. The number of amides is 1. The van der Waals surface area contributed by atoms with E-state index in [0.717, 1.165) is 37.8 Å². The number of rotatable bonds is 4. The van der Waals surface area contributed by atoms with E-state index in [0.29, 0.717) is 31.5 Å². The number of fused-ring (bicyclic) bond motifs is 2. The Labute approximate surface area is 165 Å². The fraction of sp³-hybridized carbons (Fsp3) is 0.619. The maximum atomic E-state index is 13.1. The summed E-state index contributed by atoms with van der Waals surface area (Å²) >= 11 is 6.32. The number of likely N-dealkylation sites (tertiary alicyclic amines) is 1. The van der Waals surface area contributed by atoms with E-state index in [2.05, 4.69) is 15.5 Å². The van der Waals surface area contributed by atoms with Gasteiger partial charge in [-0.25, -0.2) is 0 Å². The summed E-state index contributed by atoms with van der Waals surface area (Å²) in [5.74, 6) is 0.423. The molecule has 3 fully saturated rings. The first kappa shape index (κ1) is 18.9. The number of ketones is 1. The molecule has 2 heterocycles. The lowest BCUT2D eigenvalue weighted by Gasteiger charge is -2.48. The molecular weight excluding hydrogens is 362 g/mol. The summed E-state index contributed by atoms with van der Waals surface area (Å²) in [4.78, 5) is 27.5. The largest absolute Gasteiger partial charge is 0.351 e. The molecule has 1 aromatic rings. The SMILES string of the molecule is O=C(CN1CCC2NC3CCC(Cl)CC3C(=O)C2C1)NCc1ccccc1. The number of benzene rings is 1. The van der Waals surface area contributed by atoms with E-state index in [1.54, 1.807) is 0 Å². The Balaban J connectivity index is 1.30. The minimum atomic E-state index is -0.0103. The molecule has 146 valence electrons. The van der Waals surface area contributed by atoms with Gasteiger partial charge in [0.25, 0.3) is 0 Å². The van der Waals surface area contributed by atoms with Crippen molar-refractivity contribution in [1.82, 2.24) is 15.5 Å². The zero-order chi connectivity index (χ0) is 18.8. The van der Waals surface area contributed by atoms with Gasteiger partial charge in [-0.05, 0) is 31.2 Å². The van der Waals surface area contributed by atoms with Gasteiger partial charge in [0.05, 0.1) is 6.54 Å². The van der Waals surface area contributed by atoms with Crippen LogP contribution in [0.25, 0.3) is 0 Å². The molecule has 2 aliphatic heterocycles. The Morgan fingerprint density at radius 2 is 1.93 bits per heavy atom. The highest BCUT2D eigenvalue weighted by molar-refractivity contribution is 6.20. The topological polar surface area (TPSA) is 61.4 Å². The van der Waals surface area contributed by atoms with Crippen LogP contribution in [0.3, 0.4) is 0 Å². The summed E-state index contributed by atoms with van der Waals surface area (Å²) in [6.07, 6.45) is 3.71. The van der Waals surface area contributed by atoms with E-state index < -0.39 is 0 Å². The van der Waals surface area contributed by atoms with Gasteiger partial charge in [0.15, 0.2) is 0 Å². The van der Waals surface area contributed by atoms with Crippen molar-refractivity contribution in [3.05, 3.63) is 35.9 Å². The van der Waals surface area contributed by atoms with Crippen molar-refractivity contribution in [2.75, 3.05) is 19.6 Å². The average Bonchev–Trinajstić information content (AvgIpc) is 2.68. The minimum absolute atomic E-state index is 0.0103. The third-order valence-electron chi connectivity index (χ3n) is 6.34. The van der Waals surface area contributed by atoms with Gasteiger partial charge in [0.2, 0.25) is 5.91 Å². The van der Waals surface area contributed by atoms with Crippen molar-refractivity contribution < 1.29 is 9.59 Å². The van der Waals surface area contributed by atoms with Crippen LogP contribution in [0.4, 0.5) is 0 Å². The first-order valence-corrected chi connectivity index (χ1v) is 10.5. The van der Waals surface area contributed by atoms with Crippen molar-refractivity contribution in [3.63, 3.8) is 0 Å². The molecule has 1 aromatic carbocycles. The van der Waals surface area contributed by atoms with Gasteiger partial charge in [-0.1, -0.05) is 30.3 Å². The lowest BCUT2D eigenvalue weighted by Crippen LogP contribution is -2.64. The number of carbonyl (C=O) groups excluding carboxylic acids is 2. The van der Waals surface area contributed by atoms with Gasteiger partial charge >= 0.3 is 0 Å². The van der Waals surface area contributed by atoms with Crippen molar-refractivity contribution in [3.8, 4) is 0 Å². The molecule has 1 amide bonds. The van der Waals surface area contributed by atoms with Crippen LogP contribution in [-0.4, -0.2) is 53.7 Å². The first-order chi connectivity index (χ1) is 13.1. The average molecular weight is 390 g/mol. The highest BCUT2D eigenvalue weighted by Gasteiger charge is 2.47. The lowest BCUT2D eigenvalue weighted by atomic mass is 9.70. The van der Waals surface area contributed by atoms with Gasteiger partial charge in [0, 0.05) is 48.9 Å². The maximum Gasteiger partial charge on any atom is 0.234 e.